The minimum absolute atomic E-state index is 0.0188. The standard InChI is InChI=1S/C21H23BrN4O/c1-14(2)19(13-27)25-21-24-18(15-7-4-3-5-8-15)12-20(26-21)23-17-10-6-9-16(22)11-17/h3-12,14,19,27H,13H2,1-2H3,(H2,23,24,25,26)/t19-/m1/s1. The summed E-state index contributed by atoms with van der Waals surface area (Å²) in [7, 11) is 0. The van der Waals surface area contributed by atoms with Gasteiger partial charge in [0, 0.05) is 21.8 Å². The van der Waals surface area contributed by atoms with Crippen molar-refractivity contribution in [3.8, 4) is 11.3 Å². The molecule has 0 amide bonds. The number of nitrogens with one attached hydrogen (secondary N) is 2. The zero-order valence-electron chi connectivity index (χ0n) is 15.4. The van der Waals surface area contributed by atoms with E-state index in [1.165, 1.54) is 0 Å². The van der Waals surface area contributed by atoms with Gasteiger partial charge in [-0.2, -0.15) is 4.98 Å². The fourth-order valence-electron chi connectivity index (χ4n) is 2.64. The average molecular weight is 427 g/mol. The van der Waals surface area contributed by atoms with Crippen LogP contribution >= 0.6 is 15.9 Å². The van der Waals surface area contributed by atoms with Crippen LogP contribution in [0.25, 0.3) is 11.3 Å². The molecule has 0 radical (unpaired) electrons. The van der Waals surface area contributed by atoms with Crippen molar-refractivity contribution >= 4 is 33.4 Å². The van der Waals surface area contributed by atoms with E-state index in [-0.39, 0.29) is 18.6 Å². The lowest BCUT2D eigenvalue weighted by Gasteiger charge is -2.20. The minimum Gasteiger partial charge on any atom is -0.394 e. The van der Waals surface area contributed by atoms with E-state index in [2.05, 4.69) is 50.4 Å². The molecule has 1 heterocycles. The van der Waals surface area contributed by atoms with Gasteiger partial charge >= 0.3 is 0 Å². The zero-order valence-corrected chi connectivity index (χ0v) is 16.9. The molecule has 0 fully saturated rings. The maximum Gasteiger partial charge on any atom is 0.225 e. The molecule has 0 unspecified atom stereocenters. The largest absolute Gasteiger partial charge is 0.394 e. The van der Waals surface area contributed by atoms with Gasteiger partial charge in [-0.3, -0.25) is 0 Å². The van der Waals surface area contributed by atoms with E-state index >= 15 is 0 Å². The van der Waals surface area contributed by atoms with Crippen molar-refractivity contribution in [2.75, 3.05) is 17.2 Å². The summed E-state index contributed by atoms with van der Waals surface area (Å²) >= 11 is 3.49. The number of hydrogen-bond acceptors (Lipinski definition) is 5. The lowest BCUT2D eigenvalue weighted by Crippen LogP contribution is -2.30. The number of aromatic nitrogens is 2. The van der Waals surface area contributed by atoms with Crippen molar-refractivity contribution in [2.24, 2.45) is 5.92 Å². The van der Waals surface area contributed by atoms with Gasteiger partial charge in [-0.05, 0) is 24.1 Å². The minimum atomic E-state index is -0.116. The predicted octanol–water partition coefficient (Wildman–Crippen LogP) is 5.08. The molecule has 0 aliphatic heterocycles. The van der Waals surface area contributed by atoms with E-state index < -0.39 is 0 Å². The van der Waals surface area contributed by atoms with Crippen LogP contribution in [0, 0.1) is 5.92 Å². The molecule has 2 aromatic carbocycles. The highest BCUT2D eigenvalue weighted by Crippen LogP contribution is 2.25. The van der Waals surface area contributed by atoms with E-state index in [9.17, 15) is 5.11 Å². The Balaban J connectivity index is 1.97. The number of nitrogens with zero attached hydrogens (tertiary/aromatic N) is 2. The van der Waals surface area contributed by atoms with Gasteiger partial charge in [0.1, 0.15) is 5.82 Å². The molecule has 1 aromatic heterocycles. The molecule has 1 atom stereocenters. The molecule has 5 nitrogen and oxygen atoms in total. The van der Waals surface area contributed by atoms with Crippen molar-refractivity contribution in [3.05, 3.63) is 65.1 Å². The number of aliphatic hydroxyl groups is 1. The Labute approximate surface area is 168 Å². The molecule has 0 aliphatic carbocycles. The third-order valence-corrected chi connectivity index (χ3v) is 4.70. The Morgan fingerprint density at radius 3 is 2.44 bits per heavy atom. The van der Waals surface area contributed by atoms with Crippen LogP contribution in [0.3, 0.4) is 0 Å². The molecule has 6 heteroatoms. The fraction of sp³-hybridized carbons (Fsp3) is 0.238. The Morgan fingerprint density at radius 1 is 1.00 bits per heavy atom. The van der Waals surface area contributed by atoms with Crippen molar-refractivity contribution in [2.45, 2.75) is 19.9 Å². The Kier molecular flexibility index (Phi) is 6.42. The smallest absolute Gasteiger partial charge is 0.225 e. The van der Waals surface area contributed by atoms with Crippen LogP contribution in [0.5, 0.6) is 0 Å². The van der Waals surface area contributed by atoms with Gasteiger partial charge in [0.05, 0.1) is 18.3 Å². The molecular formula is C21H23BrN4O. The van der Waals surface area contributed by atoms with E-state index in [0.29, 0.717) is 11.8 Å². The van der Waals surface area contributed by atoms with Gasteiger partial charge in [-0.25, -0.2) is 4.98 Å². The zero-order chi connectivity index (χ0) is 19.2. The molecule has 0 saturated carbocycles. The first-order valence-electron chi connectivity index (χ1n) is 8.89. The summed E-state index contributed by atoms with van der Waals surface area (Å²) in [4.78, 5) is 9.24. The number of benzene rings is 2. The summed E-state index contributed by atoms with van der Waals surface area (Å²) < 4.78 is 0.989. The van der Waals surface area contributed by atoms with Crippen LogP contribution in [-0.4, -0.2) is 27.7 Å². The lowest BCUT2D eigenvalue weighted by molar-refractivity contribution is 0.248. The molecular weight excluding hydrogens is 404 g/mol. The van der Waals surface area contributed by atoms with Gasteiger partial charge in [-0.1, -0.05) is 66.2 Å². The Morgan fingerprint density at radius 2 is 1.78 bits per heavy atom. The van der Waals surface area contributed by atoms with Crippen molar-refractivity contribution in [3.63, 3.8) is 0 Å². The SMILES string of the molecule is CC(C)[C@@H](CO)Nc1nc(Nc2cccc(Br)c2)cc(-c2ccccc2)n1. The van der Waals surface area contributed by atoms with Crippen LogP contribution < -0.4 is 10.6 Å². The molecule has 0 aliphatic rings. The van der Waals surface area contributed by atoms with Gasteiger partial charge < -0.3 is 15.7 Å². The van der Waals surface area contributed by atoms with Crippen LogP contribution in [0.1, 0.15) is 13.8 Å². The molecule has 3 N–H and O–H groups in total. The first-order valence-corrected chi connectivity index (χ1v) is 9.69. The van der Waals surface area contributed by atoms with Gasteiger partial charge in [0.2, 0.25) is 5.95 Å². The van der Waals surface area contributed by atoms with Crippen LogP contribution in [0.2, 0.25) is 0 Å². The molecule has 140 valence electrons. The number of halogens is 1. The normalized spacial score (nSPS) is 12.0. The second kappa shape index (κ2) is 8.97. The Bertz CT molecular complexity index is 886. The average Bonchev–Trinajstić information content (AvgIpc) is 2.66. The summed E-state index contributed by atoms with van der Waals surface area (Å²) in [6.45, 7) is 4.12. The highest BCUT2D eigenvalue weighted by molar-refractivity contribution is 9.10. The summed E-state index contributed by atoms with van der Waals surface area (Å²) in [5.41, 5.74) is 2.74. The number of anilines is 3. The number of hydrogen-bond donors (Lipinski definition) is 3. The molecule has 3 aromatic rings. The summed E-state index contributed by atoms with van der Waals surface area (Å²) in [6.07, 6.45) is 0. The van der Waals surface area contributed by atoms with Crippen LogP contribution in [0.4, 0.5) is 17.5 Å². The van der Waals surface area contributed by atoms with E-state index in [4.69, 9.17) is 0 Å². The topological polar surface area (TPSA) is 70.1 Å². The van der Waals surface area contributed by atoms with Gasteiger partial charge in [0.15, 0.2) is 0 Å². The molecule has 0 spiro atoms. The maximum atomic E-state index is 9.64. The van der Waals surface area contributed by atoms with Gasteiger partial charge in [-0.15, -0.1) is 0 Å². The number of rotatable bonds is 7. The Hall–Kier alpha value is -2.44. The molecule has 27 heavy (non-hydrogen) atoms. The third kappa shape index (κ3) is 5.28. The molecule has 3 rings (SSSR count). The van der Waals surface area contributed by atoms with Crippen molar-refractivity contribution in [1.29, 1.82) is 0 Å². The number of aliphatic hydroxyl groups excluding tert-OH is 1. The summed E-state index contributed by atoms with van der Waals surface area (Å²) in [5, 5.41) is 16.2. The third-order valence-electron chi connectivity index (χ3n) is 4.21. The summed E-state index contributed by atoms with van der Waals surface area (Å²) in [6, 6.07) is 19.7. The van der Waals surface area contributed by atoms with Gasteiger partial charge in [0.25, 0.3) is 0 Å². The fourth-order valence-corrected chi connectivity index (χ4v) is 3.03. The molecule has 0 bridgehead atoms. The second-order valence-corrected chi connectivity index (χ2v) is 7.56. The first kappa shape index (κ1) is 19.3. The quantitative estimate of drug-likeness (QED) is 0.491. The van der Waals surface area contributed by atoms with Crippen molar-refractivity contribution < 1.29 is 5.11 Å². The first-order chi connectivity index (χ1) is 13.0. The van der Waals surface area contributed by atoms with E-state index in [0.717, 1.165) is 21.4 Å². The summed E-state index contributed by atoms with van der Waals surface area (Å²) in [5.74, 6) is 1.42. The highest BCUT2D eigenvalue weighted by atomic mass is 79.9. The lowest BCUT2D eigenvalue weighted by atomic mass is 10.1. The molecule has 0 saturated heterocycles. The van der Waals surface area contributed by atoms with Crippen molar-refractivity contribution in [1.82, 2.24) is 9.97 Å². The second-order valence-electron chi connectivity index (χ2n) is 6.64. The van der Waals surface area contributed by atoms with Crippen LogP contribution in [-0.2, 0) is 0 Å². The maximum absolute atomic E-state index is 9.64. The van der Waals surface area contributed by atoms with Crippen LogP contribution in [0.15, 0.2) is 65.1 Å². The highest BCUT2D eigenvalue weighted by Gasteiger charge is 2.15. The monoisotopic (exact) mass is 426 g/mol. The predicted molar refractivity (Wildman–Crippen MR) is 114 cm³/mol. The van der Waals surface area contributed by atoms with E-state index in [1.807, 2.05) is 60.7 Å². The van der Waals surface area contributed by atoms with E-state index in [1.54, 1.807) is 0 Å².